The molecular weight excluding hydrogens is 280 g/mol. The highest BCUT2D eigenvalue weighted by Gasteiger charge is 2.11. The molecule has 3 aromatic rings. The first-order chi connectivity index (χ1) is 10.1. The Morgan fingerprint density at radius 1 is 1.24 bits per heavy atom. The number of hydrogen-bond acceptors (Lipinski definition) is 3. The van der Waals surface area contributed by atoms with Crippen molar-refractivity contribution in [1.29, 1.82) is 0 Å². The van der Waals surface area contributed by atoms with Gasteiger partial charge in [-0.3, -0.25) is 4.79 Å². The molecule has 0 radical (unpaired) electrons. The summed E-state index contributed by atoms with van der Waals surface area (Å²) in [5, 5.41) is 6.02. The highest BCUT2D eigenvalue weighted by molar-refractivity contribution is 7.17. The van der Waals surface area contributed by atoms with E-state index in [2.05, 4.69) is 17.2 Å². The molecule has 4 heteroatoms. The Balaban J connectivity index is 1.84. The molecule has 0 aliphatic carbocycles. The molecular formula is C17H16N2OS. The first-order valence-corrected chi connectivity index (χ1v) is 7.70. The topological polar surface area (TPSA) is 42.0 Å². The fourth-order valence-corrected chi connectivity index (χ4v) is 3.45. The average Bonchev–Trinajstić information content (AvgIpc) is 2.82. The Kier molecular flexibility index (Phi) is 3.71. The van der Waals surface area contributed by atoms with Crippen molar-refractivity contribution in [3.63, 3.8) is 0 Å². The Labute approximate surface area is 127 Å². The first-order valence-electron chi connectivity index (χ1n) is 6.82. The highest BCUT2D eigenvalue weighted by atomic mass is 32.1. The van der Waals surface area contributed by atoms with Gasteiger partial charge in [0.15, 0.2) is 0 Å². The van der Waals surface area contributed by atoms with Crippen LogP contribution in [-0.4, -0.2) is 10.9 Å². The number of hydrogen-bond donors (Lipinski definition) is 1. The zero-order valence-electron chi connectivity index (χ0n) is 12.0. The van der Waals surface area contributed by atoms with E-state index in [4.69, 9.17) is 0 Å². The van der Waals surface area contributed by atoms with Crippen LogP contribution < -0.4 is 5.32 Å². The summed E-state index contributed by atoms with van der Waals surface area (Å²) in [7, 11) is 0. The molecule has 0 unspecified atom stereocenters. The van der Waals surface area contributed by atoms with Gasteiger partial charge in [0, 0.05) is 16.5 Å². The molecule has 0 aliphatic heterocycles. The van der Waals surface area contributed by atoms with Crippen molar-refractivity contribution >= 4 is 33.1 Å². The molecule has 3 nitrogen and oxygen atoms in total. The summed E-state index contributed by atoms with van der Waals surface area (Å²) >= 11 is 1.56. The van der Waals surface area contributed by atoms with E-state index in [1.54, 1.807) is 11.3 Å². The van der Waals surface area contributed by atoms with Crippen LogP contribution in [0.15, 0.2) is 41.8 Å². The van der Waals surface area contributed by atoms with Gasteiger partial charge in [0.25, 0.3) is 0 Å². The Hall–Kier alpha value is -2.20. The highest BCUT2D eigenvalue weighted by Crippen LogP contribution is 2.32. The van der Waals surface area contributed by atoms with Crippen LogP contribution in [0.2, 0.25) is 0 Å². The molecule has 2 heterocycles. The van der Waals surface area contributed by atoms with Crippen molar-refractivity contribution in [3.05, 3.63) is 58.6 Å². The number of rotatable bonds is 3. The van der Waals surface area contributed by atoms with Crippen LogP contribution in [0.3, 0.4) is 0 Å². The summed E-state index contributed by atoms with van der Waals surface area (Å²) in [5.74, 6) is 0.000810. The summed E-state index contributed by atoms with van der Waals surface area (Å²) in [6.45, 7) is 4.04. The van der Waals surface area contributed by atoms with E-state index in [1.165, 1.54) is 0 Å². The number of nitrogens with zero attached hydrogens (tertiary/aromatic N) is 1. The molecule has 0 atom stereocenters. The van der Waals surface area contributed by atoms with Crippen LogP contribution in [0, 0.1) is 13.8 Å². The molecule has 1 N–H and O–H groups in total. The number of amides is 1. The van der Waals surface area contributed by atoms with Gasteiger partial charge in [-0.1, -0.05) is 30.3 Å². The van der Waals surface area contributed by atoms with Gasteiger partial charge in [0.2, 0.25) is 5.91 Å². The maximum atomic E-state index is 12.2. The van der Waals surface area contributed by atoms with Crippen LogP contribution in [0.1, 0.15) is 16.8 Å². The van der Waals surface area contributed by atoms with Crippen molar-refractivity contribution in [2.45, 2.75) is 20.3 Å². The second kappa shape index (κ2) is 5.66. The lowest BCUT2D eigenvalue weighted by Gasteiger charge is -2.06. The van der Waals surface area contributed by atoms with Crippen LogP contribution in [0.5, 0.6) is 0 Å². The zero-order valence-corrected chi connectivity index (χ0v) is 12.8. The van der Waals surface area contributed by atoms with E-state index < -0.39 is 0 Å². The number of aryl methyl sites for hydroxylation is 2. The SMILES string of the molecule is Cc1cc(C)c2c(NC(=O)Cc3ccccc3)csc2n1. The molecule has 21 heavy (non-hydrogen) atoms. The van der Waals surface area contributed by atoms with Gasteiger partial charge in [0.05, 0.1) is 12.1 Å². The molecule has 0 spiro atoms. The third-order valence-electron chi connectivity index (χ3n) is 3.35. The van der Waals surface area contributed by atoms with E-state index in [-0.39, 0.29) is 5.91 Å². The third kappa shape index (κ3) is 2.95. The second-order valence-electron chi connectivity index (χ2n) is 5.12. The summed E-state index contributed by atoms with van der Waals surface area (Å²) in [4.78, 5) is 17.7. The standard InChI is InChI=1S/C17H16N2OS/c1-11-8-12(2)18-17-16(11)14(10-21-17)19-15(20)9-13-6-4-3-5-7-13/h3-8,10H,9H2,1-2H3,(H,19,20). The number of aromatic nitrogens is 1. The van der Waals surface area contributed by atoms with Gasteiger partial charge in [-0.2, -0.15) is 0 Å². The second-order valence-corrected chi connectivity index (χ2v) is 5.98. The number of carbonyl (C=O) groups excluding carboxylic acids is 1. The zero-order chi connectivity index (χ0) is 14.8. The van der Waals surface area contributed by atoms with Gasteiger partial charge in [-0.05, 0) is 31.0 Å². The van der Waals surface area contributed by atoms with Crippen molar-refractivity contribution in [2.75, 3.05) is 5.32 Å². The number of fused-ring (bicyclic) bond motifs is 1. The Morgan fingerprint density at radius 3 is 2.76 bits per heavy atom. The van der Waals surface area contributed by atoms with E-state index in [0.717, 1.165) is 32.7 Å². The predicted molar refractivity (Wildman–Crippen MR) is 87.9 cm³/mol. The third-order valence-corrected chi connectivity index (χ3v) is 4.22. The molecule has 0 saturated carbocycles. The molecule has 1 aromatic carbocycles. The van der Waals surface area contributed by atoms with Gasteiger partial charge in [-0.15, -0.1) is 11.3 Å². The minimum Gasteiger partial charge on any atom is -0.324 e. The number of carbonyl (C=O) groups is 1. The normalized spacial score (nSPS) is 10.8. The quantitative estimate of drug-likeness (QED) is 0.791. The molecule has 0 fully saturated rings. The number of pyridine rings is 1. The van der Waals surface area contributed by atoms with Crippen LogP contribution >= 0.6 is 11.3 Å². The predicted octanol–water partition coefficient (Wildman–Crippen LogP) is 4.09. The lowest BCUT2D eigenvalue weighted by Crippen LogP contribution is -2.14. The van der Waals surface area contributed by atoms with Crippen LogP contribution in [0.25, 0.3) is 10.2 Å². The summed E-state index contributed by atoms with van der Waals surface area (Å²) in [6, 6.07) is 11.8. The molecule has 3 rings (SSSR count). The summed E-state index contributed by atoms with van der Waals surface area (Å²) in [6.07, 6.45) is 0.385. The smallest absolute Gasteiger partial charge is 0.228 e. The maximum Gasteiger partial charge on any atom is 0.228 e. The summed E-state index contributed by atoms with van der Waals surface area (Å²) < 4.78 is 0. The number of thiophene rings is 1. The minimum absolute atomic E-state index is 0.000810. The first kappa shape index (κ1) is 13.8. The molecule has 0 aliphatic rings. The molecule has 0 saturated heterocycles. The van der Waals surface area contributed by atoms with Crippen molar-refractivity contribution in [3.8, 4) is 0 Å². The fraction of sp³-hybridized carbons (Fsp3) is 0.176. The Bertz CT molecular complexity index is 793. The van der Waals surface area contributed by atoms with Crippen molar-refractivity contribution in [2.24, 2.45) is 0 Å². The van der Waals surface area contributed by atoms with E-state index >= 15 is 0 Å². The minimum atomic E-state index is 0.000810. The van der Waals surface area contributed by atoms with E-state index in [0.29, 0.717) is 6.42 Å². The molecule has 106 valence electrons. The fourth-order valence-electron chi connectivity index (χ4n) is 2.46. The lowest BCUT2D eigenvalue weighted by atomic mass is 10.1. The molecule has 0 bridgehead atoms. The van der Waals surface area contributed by atoms with Crippen LogP contribution in [-0.2, 0) is 11.2 Å². The maximum absolute atomic E-state index is 12.2. The molecule has 1 amide bonds. The van der Waals surface area contributed by atoms with Crippen molar-refractivity contribution in [1.82, 2.24) is 4.98 Å². The van der Waals surface area contributed by atoms with Gasteiger partial charge in [-0.25, -0.2) is 4.98 Å². The number of benzene rings is 1. The summed E-state index contributed by atoms with van der Waals surface area (Å²) in [5.41, 5.74) is 4.03. The van der Waals surface area contributed by atoms with Gasteiger partial charge < -0.3 is 5.32 Å². The number of nitrogens with one attached hydrogen (secondary N) is 1. The lowest BCUT2D eigenvalue weighted by molar-refractivity contribution is -0.115. The van der Waals surface area contributed by atoms with Crippen LogP contribution in [0.4, 0.5) is 5.69 Å². The van der Waals surface area contributed by atoms with E-state index in [1.807, 2.05) is 48.7 Å². The monoisotopic (exact) mass is 296 g/mol. The average molecular weight is 296 g/mol. The van der Waals surface area contributed by atoms with Gasteiger partial charge >= 0.3 is 0 Å². The molecule has 2 aromatic heterocycles. The Morgan fingerprint density at radius 2 is 2.00 bits per heavy atom. The van der Waals surface area contributed by atoms with Crippen molar-refractivity contribution < 1.29 is 4.79 Å². The van der Waals surface area contributed by atoms with Gasteiger partial charge in [0.1, 0.15) is 4.83 Å². The number of anilines is 1. The largest absolute Gasteiger partial charge is 0.324 e. The van der Waals surface area contributed by atoms with E-state index in [9.17, 15) is 4.79 Å².